The molecule has 5 heteroatoms. The molecule has 1 aromatic heterocycles. The van der Waals surface area contributed by atoms with Gasteiger partial charge in [-0.2, -0.15) is 16.7 Å². The van der Waals surface area contributed by atoms with E-state index >= 15 is 0 Å². The molecule has 2 heterocycles. The summed E-state index contributed by atoms with van der Waals surface area (Å²) >= 11 is 1.83. The fraction of sp³-hybridized carbons (Fsp3) is 0.429. The number of rotatable bonds is 4. The predicted octanol–water partition coefficient (Wildman–Crippen LogP) is 3.27. The minimum atomic E-state index is 0.182. The molecule has 100 valence electrons. The van der Waals surface area contributed by atoms with Crippen molar-refractivity contribution in [1.82, 2.24) is 10.1 Å². The summed E-state index contributed by atoms with van der Waals surface area (Å²) in [5.74, 6) is 2.50. The third-order valence-electron chi connectivity index (χ3n) is 3.16. The maximum atomic E-state index is 5.42. The third kappa shape index (κ3) is 2.61. The van der Waals surface area contributed by atoms with Crippen molar-refractivity contribution in [3.8, 4) is 0 Å². The van der Waals surface area contributed by atoms with Gasteiger partial charge in [-0.25, -0.2) is 0 Å². The number of aromatic nitrogens is 2. The highest BCUT2D eigenvalue weighted by Gasteiger charge is 2.28. The lowest BCUT2D eigenvalue weighted by atomic mass is 10.0. The van der Waals surface area contributed by atoms with E-state index in [1.165, 1.54) is 11.3 Å². The van der Waals surface area contributed by atoms with Crippen molar-refractivity contribution in [2.75, 3.05) is 11.9 Å². The van der Waals surface area contributed by atoms with Crippen LogP contribution in [0.1, 0.15) is 37.0 Å². The van der Waals surface area contributed by atoms with Gasteiger partial charge in [-0.05, 0) is 16.9 Å². The Bertz CT molecular complexity index is 567. The molecule has 1 unspecified atom stereocenters. The lowest BCUT2D eigenvalue weighted by Crippen LogP contribution is -2.04. The Morgan fingerprint density at radius 3 is 3.11 bits per heavy atom. The zero-order valence-corrected chi connectivity index (χ0v) is 11.9. The van der Waals surface area contributed by atoms with Crippen molar-refractivity contribution < 1.29 is 4.52 Å². The summed E-state index contributed by atoms with van der Waals surface area (Å²) < 4.78 is 5.42. The Labute approximate surface area is 117 Å². The summed E-state index contributed by atoms with van der Waals surface area (Å²) in [6.45, 7) is 5.17. The second-order valence-electron chi connectivity index (χ2n) is 4.93. The number of anilines is 1. The quantitative estimate of drug-likeness (QED) is 0.928. The number of benzene rings is 1. The molecule has 0 radical (unpaired) electrons. The van der Waals surface area contributed by atoms with Gasteiger partial charge in [0, 0.05) is 12.2 Å². The maximum Gasteiger partial charge on any atom is 0.236 e. The SMILES string of the molecule is CC(C)SCc1noc(C2CNc3ccccc32)n1. The molecule has 4 nitrogen and oxygen atoms in total. The average molecular weight is 275 g/mol. The van der Waals surface area contributed by atoms with Gasteiger partial charge in [0.15, 0.2) is 5.82 Å². The Morgan fingerprint density at radius 1 is 1.42 bits per heavy atom. The van der Waals surface area contributed by atoms with Crippen LogP contribution >= 0.6 is 11.8 Å². The van der Waals surface area contributed by atoms with Crippen LogP contribution in [0.2, 0.25) is 0 Å². The molecule has 0 fully saturated rings. The first-order valence-corrected chi connectivity index (χ1v) is 7.56. The van der Waals surface area contributed by atoms with Crippen molar-refractivity contribution in [3.63, 3.8) is 0 Å². The van der Waals surface area contributed by atoms with Crippen molar-refractivity contribution >= 4 is 17.4 Å². The highest BCUT2D eigenvalue weighted by molar-refractivity contribution is 7.99. The van der Waals surface area contributed by atoms with Crippen LogP contribution in [0.25, 0.3) is 0 Å². The van der Waals surface area contributed by atoms with Crippen LogP contribution in [-0.4, -0.2) is 21.9 Å². The van der Waals surface area contributed by atoms with E-state index in [9.17, 15) is 0 Å². The minimum absolute atomic E-state index is 0.182. The lowest BCUT2D eigenvalue weighted by molar-refractivity contribution is 0.366. The van der Waals surface area contributed by atoms with Gasteiger partial charge in [0.2, 0.25) is 5.89 Å². The van der Waals surface area contributed by atoms with E-state index in [4.69, 9.17) is 4.52 Å². The Balaban J connectivity index is 1.77. The molecule has 3 rings (SSSR count). The van der Waals surface area contributed by atoms with Gasteiger partial charge in [0.25, 0.3) is 0 Å². The second-order valence-corrected chi connectivity index (χ2v) is 6.49. The molecule has 1 atom stereocenters. The molecule has 0 saturated carbocycles. The van der Waals surface area contributed by atoms with Gasteiger partial charge in [-0.3, -0.25) is 0 Å². The minimum Gasteiger partial charge on any atom is -0.384 e. The van der Waals surface area contributed by atoms with Gasteiger partial charge in [0.1, 0.15) is 0 Å². The number of hydrogen-bond acceptors (Lipinski definition) is 5. The molecule has 0 saturated heterocycles. The van der Waals surface area contributed by atoms with Crippen LogP contribution in [0, 0.1) is 0 Å². The van der Waals surface area contributed by atoms with Crippen molar-refractivity contribution in [3.05, 3.63) is 41.5 Å². The highest BCUT2D eigenvalue weighted by atomic mass is 32.2. The number of nitrogens with zero attached hydrogens (tertiary/aromatic N) is 2. The molecular formula is C14H17N3OS. The molecule has 1 N–H and O–H groups in total. The average Bonchev–Trinajstić information content (AvgIpc) is 3.02. The normalized spacial score (nSPS) is 17.5. The van der Waals surface area contributed by atoms with E-state index in [-0.39, 0.29) is 5.92 Å². The zero-order valence-electron chi connectivity index (χ0n) is 11.1. The molecule has 0 amide bonds. The van der Waals surface area contributed by atoms with Gasteiger partial charge in [-0.15, -0.1) is 0 Å². The smallest absolute Gasteiger partial charge is 0.236 e. The first-order chi connectivity index (χ1) is 9.24. The number of thioether (sulfide) groups is 1. The zero-order chi connectivity index (χ0) is 13.2. The van der Waals surface area contributed by atoms with E-state index in [0.29, 0.717) is 5.25 Å². The summed E-state index contributed by atoms with van der Waals surface area (Å²) in [4.78, 5) is 4.52. The fourth-order valence-electron chi connectivity index (χ4n) is 2.21. The standard InChI is InChI=1S/C14H17N3OS/c1-9(2)19-8-13-16-14(18-17-13)11-7-15-12-6-4-3-5-10(11)12/h3-6,9,11,15H,7-8H2,1-2H3. The van der Waals surface area contributed by atoms with Gasteiger partial charge < -0.3 is 9.84 Å². The molecule has 0 aliphatic carbocycles. The van der Waals surface area contributed by atoms with Crippen LogP contribution in [0.15, 0.2) is 28.8 Å². The van der Waals surface area contributed by atoms with E-state index in [0.717, 1.165) is 24.0 Å². The van der Waals surface area contributed by atoms with Crippen LogP contribution in [0.5, 0.6) is 0 Å². The summed E-state index contributed by atoms with van der Waals surface area (Å²) in [6, 6.07) is 8.28. The highest BCUT2D eigenvalue weighted by Crippen LogP contribution is 2.35. The molecule has 2 aromatic rings. The number of para-hydroxylation sites is 1. The van der Waals surface area contributed by atoms with E-state index in [1.54, 1.807) is 0 Å². The molecule has 1 aliphatic heterocycles. The molecule has 1 aliphatic rings. The van der Waals surface area contributed by atoms with Crippen LogP contribution < -0.4 is 5.32 Å². The van der Waals surface area contributed by atoms with Crippen LogP contribution in [0.3, 0.4) is 0 Å². The van der Waals surface area contributed by atoms with Crippen LogP contribution in [0.4, 0.5) is 5.69 Å². The van der Waals surface area contributed by atoms with Crippen LogP contribution in [-0.2, 0) is 5.75 Å². The van der Waals surface area contributed by atoms with E-state index in [1.807, 2.05) is 23.9 Å². The number of hydrogen-bond donors (Lipinski definition) is 1. The summed E-state index contributed by atoms with van der Waals surface area (Å²) in [5.41, 5.74) is 2.41. The monoisotopic (exact) mass is 275 g/mol. The van der Waals surface area contributed by atoms with Gasteiger partial charge in [-0.1, -0.05) is 37.2 Å². The number of fused-ring (bicyclic) bond motifs is 1. The van der Waals surface area contributed by atoms with Gasteiger partial charge in [0.05, 0.1) is 11.7 Å². The second kappa shape index (κ2) is 5.25. The third-order valence-corrected chi connectivity index (χ3v) is 4.25. The van der Waals surface area contributed by atoms with Crippen molar-refractivity contribution in [2.45, 2.75) is 30.8 Å². The first-order valence-electron chi connectivity index (χ1n) is 6.51. The predicted molar refractivity (Wildman–Crippen MR) is 77.5 cm³/mol. The maximum absolute atomic E-state index is 5.42. The fourth-order valence-corrected chi connectivity index (χ4v) is 2.81. The first kappa shape index (κ1) is 12.5. The molecule has 0 spiro atoms. The Hall–Kier alpha value is -1.49. The van der Waals surface area contributed by atoms with E-state index < -0.39 is 0 Å². The molecule has 19 heavy (non-hydrogen) atoms. The van der Waals surface area contributed by atoms with Crippen molar-refractivity contribution in [2.24, 2.45) is 0 Å². The lowest BCUT2D eigenvalue weighted by Gasteiger charge is -2.03. The molecule has 0 bridgehead atoms. The Morgan fingerprint density at radius 2 is 2.26 bits per heavy atom. The summed E-state index contributed by atoms with van der Waals surface area (Å²) in [7, 11) is 0. The van der Waals surface area contributed by atoms with E-state index in [2.05, 4.69) is 41.4 Å². The molecular weight excluding hydrogens is 258 g/mol. The summed E-state index contributed by atoms with van der Waals surface area (Å²) in [6.07, 6.45) is 0. The number of nitrogens with one attached hydrogen (secondary N) is 1. The summed E-state index contributed by atoms with van der Waals surface area (Å²) in [5, 5.41) is 8.03. The Kier molecular flexibility index (Phi) is 3.46. The largest absolute Gasteiger partial charge is 0.384 e. The topological polar surface area (TPSA) is 51.0 Å². The molecule has 1 aromatic carbocycles. The van der Waals surface area contributed by atoms with Gasteiger partial charge >= 0.3 is 0 Å². The van der Waals surface area contributed by atoms with Crippen molar-refractivity contribution in [1.29, 1.82) is 0 Å².